The van der Waals surface area contributed by atoms with E-state index >= 15 is 0 Å². The fourth-order valence-electron chi connectivity index (χ4n) is 5.69. The SMILES string of the molecule is COc1ccc2nc(CCCCCC3CC3[N-]O[C@H](C(=O)N3CCC(CC(F)(F)F)C3C)C(C)(C)C)c(=O)[nH]c2c1.[CH-]=O.[V].[Y]. The van der Waals surface area contributed by atoms with Crippen molar-refractivity contribution in [1.82, 2.24) is 14.9 Å². The second-order valence-electron chi connectivity index (χ2n) is 12.7. The molecule has 2 heterocycles. The molecule has 45 heavy (non-hydrogen) atoms. The number of carbonyl (C=O) groups excluding carboxylic acids is 2. The van der Waals surface area contributed by atoms with E-state index in [9.17, 15) is 22.8 Å². The number of alkyl halides is 3. The van der Waals surface area contributed by atoms with Gasteiger partial charge in [0.1, 0.15) is 17.5 Å². The van der Waals surface area contributed by atoms with Crippen LogP contribution in [0.2, 0.25) is 0 Å². The molecule has 0 bridgehead atoms. The number of ether oxygens (including phenoxy) is 1. The first-order valence-electron chi connectivity index (χ1n) is 14.8. The Labute approximate surface area is 300 Å². The van der Waals surface area contributed by atoms with E-state index in [4.69, 9.17) is 14.4 Å². The molecule has 4 rings (SSSR count). The molecule has 9 nitrogen and oxygen atoms in total. The number of amides is 1. The topological polar surface area (TPSA) is 116 Å². The van der Waals surface area contributed by atoms with Crippen molar-refractivity contribution >= 4 is 23.7 Å². The summed E-state index contributed by atoms with van der Waals surface area (Å²) < 4.78 is 44.0. The van der Waals surface area contributed by atoms with Gasteiger partial charge >= 0.3 is 6.18 Å². The number of methoxy groups -OCH3 is 1. The molecule has 4 unspecified atom stereocenters. The number of fused-ring (bicyclic) bond motifs is 1. The number of hydrogen-bond donors (Lipinski definition) is 1. The van der Waals surface area contributed by atoms with Crippen molar-refractivity contribution in [2.75, 3.05) is 13.7 Å². The predicted molar refractivity (Wildman–Crippen MR) is 157 cm³/mol. The van der Waals surface area contributed by atoms with Crippen LogP contribution in [0.4, 0.5) is 13.2 Å². The molecule has 2 radical (unpaired) electrons. The third kappa shape index (κ3) is 12.0. The predicted octanol–water partition coefficient (Wildman–Crippen LogP) is 6.05. The Bertz CT molecular complexity index is 1290. The van der Waals surface area contributed by atoms with E-state index in [0.717, 1.165) is 37.6 Å². The summed E-state index contributed by atoms with van der Waals surface area (Å²) in [6, 6.07) is 4.95. The number of rotatable bonds is 12. The van der Waals surface area contributed by atoms with Crippen LogP contribution in [0.15, 0.2) is 23.0 Å². The standard InChI is InChI=1S/C30H42F3N4O4.CHO.V.Y/c1-18-20(17-30(31,32)33)13-14-37(18)28(39)26(29(2,3)4)41-36-24-15-19(24)9-7-6-8-10-23-27(38)35-25-16-21(40-5)11-12-22(25)34-23;1-2;;/h11-12,16,18-20,24,26H,6-10,13-15,17H2,1-5H3,(H,35,38);1H;;/q2*-1;;/t18?,19?,20?,24?,26-;;;/m1.../s1. The molecule has 2 aromatic rings. The van der Waals surface area contributed by atoms with E-state index in [1.807, 2.05) is 32.9 Å². The number of H-pyrrole nitrogens is 1. The average Bonchev–Trinajstić information content (AvgIpc) is 3.60. The number of likely N-dealkylation sites (tertiary alicyclic amines) is 1. The summed E-state index contributed by atoms with van der Waals surface area (Å²) in [4.78, 5) is 48.3. The Morgan fingerprint density at radius 1 is 1.18 bits per heavy atom. The molecular formula is C31H43F3N4O5VY-2. The summed E-state index contributed by atoms with van der Waals surface area (Å²) in [5.74, 6) is 0.179. The molecule has 2 fully saturated rings. The first-order valence-corrected chi connectivity index (χ1v) is 14.8. The number of nitrogens with zero attached hydrogens (tertiary/aromatic N) is 3. The number of hydrogen-bond acceptors (Lipinski definition) is 6. The Morgan fingerprint density at radius 3 is 2.49 bits per heavy atom. The van der Waals surface area contributed by atoms with Crippen molar-refractivity contribution < 1.29 is 83.6 Å². The number of nitrogens with one attached hydrogen (secondary N) is 1. The van der Waals surface area contributed by atoms with Gasteiger partial charge in [-0.25, -0.2) is 4.98 Å². The smallest absolute Gasteiger partial charge is 0.389 e. The second kappa shape index (κ2) is 18.3. The van der Waals surface area contributed by atoms with Gasteiger partial charge in [-0.2, -0.15) is 13.2 Å². The monoisotopic (exact) mass is 748 g/mol. The normalized spacial score (nSPS) is 21.6. The van der Waals surface area contributed by atoms with Gasteiger partial charge in [-0.05, 0) is 49.7 Å². The van der Waals surface area contributed by atoms with Crippen molar-refractivity contribution in [3.05, 3.63) is 39.7 Å². The number of unbranched alkanes of at least 4 members (excludes halogenated alkanes) is 2. The molecule has 1 saturated heterocycles. The zero-order valence-electron chi connectivity index (χ0n) is 26.6. The maximum absolute atomic E-state index is 13.3. The van der Waals surface area contributed by atoms with E-state index < -0.39 is 36.1 Å². The minimum atomic E-state index is -4.24. The first-order chi connectivity index (χ1) is 20.3. The van der Waals surface area contributed by atoms with Gasteiger partial charge in [0.2, 0.25) is 0 Å². The van der Waals surface area contributed by atoms with E-state index in [1.165, 1.54) is 0 Å². The number of carbonyl (C=O) groups is 1. The van der Waals surface area contributed by atoms with Crippen LogP contribution >= 0.6 is 0 Å². The van der Waals surface area contributed by atoms with Crippen LogP contribution in [0.3, 0.4) is 0 Å². The molecule has 14 heteroatoms. The molecule has 1 aromatic heterocycles. The first kappa shape index (κ1) is 41.7. The molecule has 1 aliphatic carbocycles. The zero-order chi connectivity index (χ0) is 31.9. The van der Waals surface area contributed by atoms with Gasteiger partial charge in [-0.15, -0.1) is 6.04 Å². The van der Waals surface area contributed by atoms with Crippen LogP contribution in [-0.2, 0) is 72.1 Å². The van der Waals surface area contributed by atoms with Gasteiger partial charge in [0, 0.05) is 76.3 Å². The Balaban J connectivity index is 0.00000248. The molecule has 1 aliphatic heterocycles. The number of aryl methyl sites for hydroxylation is 1. The van der Waals surface area contributed by atoms with Gasteiger partial charge in [-0.1, -0.05) is 52.4 Å². The average molecular weight is 749 g/mol. The second-order valence-corrected chi connectivity index (χ2v) is 12.7. The van der Waals surface area contributed by atoms with Crippen LogP contribution in [0, 0.1) is 17.3 Å². The third-order valence-electron chi connectivity index (χ3n) is 8.35. The number of benzene rings is 1. The quantitative estimate of drug-likeness (QED) is 0.122. The molecule has 1 amide bonds. The minimum absolute atomic E-state index is 0. The molecule has 248 valence electrons. The van der Waals surface area contributed by atoms with Gasteiger partial charge < -0.3 is 29.7 Å². The molecule has 1 saturated carbocycles. The third-order valence-corrected chi connectivity index (χ3v) is 8.35. The van der Waals surface area contributed by atoms with Crippen molar-refractivity contribution in [3.63, 3.8) is 0 Å². The van der Waals surface area contributed by atoms with Gasteiger partial charge in [0.15, 0.2) is 0 Å². The largest absolute Gasteiger partial charge is 0.545 e. The van der Waals surface area contributed by atoms with Crippen LogP contribution in [-0.4, -0.2) is 65.6 Å². The van der Waals surface area contributed by atoms with E-state index in [0.29, 0.717) is 42.3 Å². The molecule has 0 spiro atoms. The summed E-state index contributed by atoms with van der Waals surface area (Å²) in [5.41, 5.74) is 5.58. The van der Waals surface area contributed by atoms with Crippen LogP contribution in [0.25, 0.3) is 16.5 Å². The van der Waals surface area contributed by atoms with E-state index in [2.05, 4.69) is 22.2 Å². The van der Waals surface area contributed by atoms with E-state index in [1.54, 1.807) is 25.0 Å². The van der Waals surface area contributed by atoms with Crippen molar-refractivity contribution in [3.8, 4) is 5.75 Å². The van der Waals surface area contributed by atoms with Gasteiger partial charge in [0.25, 0.3) is 11.5 Å². The summed E-state index contributed by atoms with van der Waals surface area (Å²) in [7, 11) is 1.58. The molecular weight excluding hydrogens is 705 g/mol. The molecule has 5 atom stereocenters. The van der Waals surface area contributed by atoms with Crippen molar-refractivity contribution in [2.45, 2.75) is 103 Å². The Kier molecular flexibility index (Phi) is 17.0. The zero-order valence-corrected chi connectivity index (χ0v) is 30.8. The van der Waals surface area contributed by atoms with Crippen LogP contribution in [0.5, 0.6) is 5.75 Å². The van der Waals surface area contributed by atoms with Crippen molar-refractivity contribution in [1.29, 1.82) is 0 Å². The van der Waals surface area contributed by atoms with Gasteiger partial charge in [-0.3, -0.25) is 16.4 Å². The van der Waals surface area contributed by atoms with Gasteiger partial charge in [0.05, 0.1) is 18.1 Å². The summed E-state index contributed by atoms with van der Waals surface area (Å²) >= 11 is 0. The number of hydroxylamine groups is 1. The summed E-state index contributed by atoms with van der Waals surface area (Å²) in [6.07, 6.45) is -0.334. The van der Waals surface area contributed by atoms with E-state index in [-0.39, 0.29) is 68.8 Å². The maximum atomic E-state index is 13.3. The minimum Gasteiger partial charge on any atom is -0.545 e. The summed E-state index contributed by atoms with van der Waals surface area (Å²) in [5, 5.41) is 0. The maximum Gasteiger partial charge on any atom is 0.389 e. The fraction of sp³-hybridized carbons (Fsp3) is 0.677. The summed E-state index contributed by atoms with van der Waals surface area (Å²) in [6.45, 7) is 10.9. The van der Waals surface area contributed by atoms with Crippen molar-refractivity contribution in [2.24, 2.45) is 17.3 Å². The Morgan fingerprint density at radius 2 is 1.87 bits per heavy atom. The molecule has 1 aromatic carbocycles. The Hall–Kier alpha value is -1.30. The number of aromatic amines is 1. The van der Waals surface area contributed by atoms with Crippen LogP contribution in [0.1, 0.15) is 78.3 Å². The number of halogens is 3. The number of aromatic nitrogens is 2. The van der Waals surface area contributed by atoms with Crippen LogP contribution < -0.4 is 10.3 Å². The molecule has 1 N–H and O–H groups in total. The molecule has 2 aliphatic rings. The fourth-order valence-corrected chi connectivity index (χ4v) is 5.69.